The Bertz CT molecular complexity index is 1000. The lowest BCUT2D eigenvalue weighted by molar-refractivity contribution is 0.0937. The molecule has 1 fully saturated rings. The number of amides is 1. The standard InChI is InChI=1S/C23H31N3O4S/c1-4-20(26-13-5-6-14-26)16-24-23(27)18-9-12-21(30-3)22(15-18)31(28,29)25-19-10-7-17(2)8-11-19/h7-12,15,20,25H,4-6,13-14,16H2,1-3H3,(H,24,27). The Hall–Kier alpha value is -2.58. The molecule has 3 rings (SSSR count). The topological polar surface area (TPSA) is 87.7 Å². The molecule has 1 saturated heterocycles. The Labute approximate surface area is 184 Å². The zero-order valence-electron chi connectivity index (χ0n) is 18.3. The van der Waals surface area contributed by atoms with E-state index in [9.17, 15) is 13.2 Å². The molecule has 1 aliphatic rings. The molecule has 0 bridgehead atoms. The smallest absolute Gasteiger partial charge is 0.265 e. The van der Waals surface area contributed by atoms with Gasteiger partial charge >= 0.3 is 0 Å². The van der Waals surface area contributed by atoms with Gasteiger partial charge in [-0.3, -0.25) is 14.4 Å². The summed E-state index contributed by atoms with van der Waals surface area (Å²) in [5, 5.41) is 2.96. The highest BCUT2D eigenvalue weighted by Gasteiger charge is 2.24. The Kier molecular flexibility index (Phi) is 7.56. The number of nitrogens with one attached hydrogen (secondary N) is 2. The number of benzene rings is 2. The van der Waals surface area contributed by atoms with Crippen molar-refractivity contribution in [3.8, 4) is 5.75 Å². The molecule has 1 atom stereocenters. The van der Waals surface area contributed by atoms with Crippen LogP contribution in [0.15, 0.2) is 47.4 Å². The highest BCUT2D eigenvalue weighted by Crippen LogP contribution is 2.27. The van der Waals surface area contributed by atoms with Gasteiger partial charge in [-0.15, -0.1) is 0 Å². The third-order valence-electron chi connectivity index (χ3n) is 5.65. The number of likely N-dealkylation sites (tertiary alicyclic amines) is 1. The van der Waals surface area contributed by atoms with Gasteiger partial charge in [0.15, 0.2) is 0 Å². The minimum Gasteiger partial charge on any atom is -0.495 e. The number of methoxy groups -OCH3 is 1. The SMILES string of the molecule is CCC(CNC(=O)c1ccc(OC)c(S(=O)(=O)Nc2ccc(C)cc2)c1)N1CCCC1. The normalized spacial score (nSPS) is 15.5. The van der Waals surface area contributed by atoms with Crippen LogP contribution in [0.5, 0.6) is 5.75 Å². The Morgan fingerprint density at radius 3 is 2.42 bits per heavy atom. The summed E-state index contributed by atoms with van der Waals surface area (Å²) in [6, 6.07) is 11.8. The summed E-state index contributed by atoms with van der Waals surface area (Å²) in [6.07, 6.45) is 3.33. The summed E-state index contributed by atoms with van der Waals surface area (Å²) in [7, 11) is -2.53. The van der Waals surface area contributed by atoms with Crippen molar-refractivity contribution >= 4 is 21.6 Å². The number of hydrogen-bond donors (Lipinski definition) is 2. The van der Waals surface area contributed by atoms with Gasteiger partial charge in [-0.05, 0) is 69.6 Å². The molecule has 0 aliphatic carbocycles. The van der Waals surface area contributed by atoms with Crippen molar-refractivity contribution in [3.63, 3.8) is 0 Å². The number of anilines is 1. The average Bonchev–Trinajstić information content (AvgIpc) is 3.30. The van der Waals surface area contributed by atoms with Gasteiger partial charge in [-0.1, -0.05) is 24.6 Å². The summed E-state index contributed by atoms with van der Waals surface area (Å²) in [6.45, 7) is 6.69. The van der Waals surface area contributed by atoms with Crippen molar-refractivity contribution in [2.45, 2.75) is 44.0 Å². The van der Waals surface area contributed by atoms with Gasteiger partial charge in [-0.25, -0.2) is 8.42 Å². The Morgan fingerprint density at radius 2 is 1.81 bits per heavy atom. The fourth-order valence-electron chi connectivity index (χ4n) is 3.81. The monoisotopic (exact) mass is 445 g/mol. The molecule has 1 heterocycles. The van der Waals surface area contributed by atoms with Crippen LogP contribution >= 0.6 is 0 Å². The number of carbonyl (C=O) groups is 1. The molecule has 0 saturated carbocycles. The first-order valence-electron chi connectivity index (χ1n) is 10.6. The van der Waals surface area contributed by atoms with Crippen LogP contribution in [0.25, 0.3) is 0 Å². The minimum absolute atomic E-state index is 0.0743. The molecule has 1 amide bonds. The van der Waals surface area contributed by atoms with Crippen molar-refractivity contribution in [1.29, 1.82) is 0 Å². The lowest BCUT2D eigenvalue weighted by Gasteiger charge is -2.26. The fraction of sp³-hybridized carbons (Fsp3) is 0.435. The number of sulfonamides is 1. The zero-order valence-corrected chi connectivity index (χ0v) is 19.2. The van der Waals surface area contributed by atoms with E-state index in [2.05, 4.69) is 21.9 Å². The predicted octanol–water partition coefficient (Wildman–Crippen LogP) is 3.41. The van der Waals surface area contributed by atoms with Gasteiger partial charge in [0.1, 0.15) is 10.6 Å². The van der Waals surface area contributed by atoms with Crippen molar-refractivity contribution in [2.75, 3.05) is 31.5 Å². The number of carbonyl (C=O) groups excluding carboxylic acids is 1. The molecule has 8 heteroatoms. The van der Waals surface area contributed by atoms with Crippen molar-refractivity contribution in [3.05, 3.63) is 53.6 Å². The molecule has 7 nitrogen and oxygen atoms in total. The van der Waals surface area contributed by atoms with E-state index < -0.39 is 10.0 Å². The third kappa shape index (κ3) is 5.77. The first-order chi connectivity index (χ1) is 14.8. The summed E-state index contributed by atoms with van der Waals surface area (Å²) >= 11 is 0. The average molecular weight is 446 g/mol. The maximum Gasteiger partial charge on any atom is 0.265 e. The van der Waals surface area contributed by atoms with Crippen molar-refractivity contribution in [1.82, 2.24) is 10.2 Å². The lowest BCUT2D eigenvalue weighted by Crippen LogP contribution is -2.42. The minimum atomic E-state index is -3.94. The number of rotatable bonds is 9. The summed E-state index contributed by atoms with van der Waals surface area (Å²) < 4.78 is 33.8. The van der Waals surface area contributed by atoms with Gasteiger partial charge in [0.25, 0.3) is 15.9 Å². The van der Waals surface area contributed by atoms with E-state index in [0.717, 1.165) is 25.1 Å². The summed E-state index contributed by atoms with van der Waals surface area (Å²) in [5.74, 6) is -0.119. The second-order valence-corrected chi connectivity index (χ2v) is 9.50. The maximum atomic E-state index is 13.0. The van der Waals surface area contributed by atoms with Crippen LogP contribution in [-0.4, -0.2) is 52.0 Å². The molecule has 31 heavy (non-hydrogen) atoms. The van der Waals surface area contributed by atoms with E-state index in [1.807, 2.05) is 19.1 Å². The molecule has 1 aliphatic heterocycles. The van der Waals surface area contributed by atoms with Crippen LogP contribution in [0.1, 0.15) is 42.1 Å². The number of ether oxygens (including phenoxy) is 1. The van der Waals surface area contributed by atoms with E-state index >= 15 is 0 Å². The highest BCUT2D eigenvalue weighted by molar-refractivity contribution is 7.92. The summed E-state index contributed by atoms with van der Waals surface area (Å²) in [5.41, 5.74) is 1.75. The second-order valence-electron chi connectivity index (χ2n) is 7.85. The van der Waals surface area contributed by atoms with E-state index in [1.165, 1.54) is 32.1 Å². The lowest BCUT2D eigenvalue weighted by atomic mass is 10.1. The van der Waals surface area contributed by atoms with Gasteiger partial charge < -0.3 is 10.1 Å². The van der Waals surface area contributed by atoms with Crippen LogP contribution in [0.2, 0.25) is 0 Å². The number of nitrogens with zero attached hydrogens (tertiary/aromatic N) is 1. The molecular formula is C23H31N3O4S. The molecule has 1 unspecified atom stereocenters. The maximum absolute atomic E-state index is 13.0. The molecule has 0 spiro atoms. The highest BCUT2D eigenvalue weighted by atomic mass is 32.2. The Balaban J connectivity index is 1.77. The zero-order chi connectivity index (χ0) is 22.4. The van der Waals surface area contributed by atoms with Crippen LogP contribution in [0.4, 0.5) is 5.69 Å². The van der Waals surface area contributed by atoms with Crippen LogP contribution in [0.3, 0.4) is 0 Å². The van der Waals surface area contributed by atoms with E-state index in [4.69, 9.17) is 4.74 Å². The van der Waals surface area contributed by atoms with Gasteiger partial charge in [0, 0.05) is 23.8 Å². The van der Waals surface area contributed by atoms with Crippen molar-refractivity contribution in [2.24, 2.45) is 0 Å². The van der Waals surface area contributed by atoms with E-state index in [1.54, 1.807) is 18.2 Å². The van der Waals surface area contributed by atoms with Crippen LogP contribution < -0.4 is 14.8 Å². The number of aryl methyl sites for hydroxylation is 1. The fourth-order valence-corrected chi connectivity index (χ4v) is 5.07. The first-order valence-corrected chi connectivity index (χ1v) is 12.1. The quantitative estimate of drug-likeness (QED) is 0.618. The third-order valence-corrected chi connectivity index (χ3v) is 7.05. The largest absolute Gasteiger partial charge is 0.495 e. The molecule has 0 aromatic heterocycles. The van der Waals surface area contributed by atoms with Gasteiger partial charge in [0.2, 0.25) is 0 Å². The molecular weight excluding hydrogens is 414 g/mol. The van der Waals surface area contributed by atoms with Crippen molar-refractivity contribution < 1.29 is 17.9 Å². The van der Waals surface area contributed by atoms with Gasteiger partial charge in [0.05, 0.1) is 7.11 Å². The predicted molar refractivity (Wildman–Crippen MR) is 122 cm³/mol. The first kappa shape index (κ1) is 23.1. The second kappa shape index (κ2) is 10.2. The van der Waals surface area contributed by atoms with E-state index in [0.29, 0.717) is 12.2 Å². The van der Waals surface area contributed by atoms with Crippen LogP contribution in [-0.2, 0) is 10.0 Å². The van der Waals surface area contributed by atoms with Crippen LogP contribution in [0, 0.1) is 6.92 Å². The molecule has 2 aromatic rings. The Morgan fingerprint density at radius 1 is 1.13 bits per heavy atom. The molecule has 2 aromatic carbocycles. The molecule has 168 valence electrons. The number of hydrogen-bond acceptors (Lipinski definition) is 5. The van der Waals surface area contributed by atoms with Gasteiger partial charge in [-0.2, -0.15) is 0 Å². The van der Waals surface area contributed by atoms with E-state index in [-0.39, 0.29) is 28.2 Å². The molecule has 0 radical (unpaired) electrons. The summed E-state index contributed by atoms with van der Waals surface area (Å²) in [4.78, 5) is 15.1. The molecule has 2 N–H and O–H groups in total.